The van der Waals surface area contributed by atoms with Gasteiger partial charge in [-0.15, -0.1) is 11.8 Å². The number of likely N-dealkylation sites (N-methyl/N-ethyl adjacent to an activating group) is 1. The van der Waals surface area contributed by atoms with Crippen molar-refractivity contribution in [2.24, 2.45) is 0 Å². The number of methoxy groups -OCH3 is 1. The summed E-state index contributed by atoms with van der Waals surface area (Å²) in [5, 5.41) is 6.14. The molecule has 1 atom stereocenters. The Morgan fingerprint density at radius 1 is 1.50 bits per heavy atom. The number of carbonyl (C=O) groups is 1. The van der Waals surface area contributed by atoms with Crippen LogP contribution >= 0.6 is 27.7 Å². The highest BCUT2D eigenvalue weighted by Gasteiger charge is 2.30. The van der Waals surface area contributed by atoms with Gasteiger partial charge in [-0.2, -0.15) is 0 Å². The fourth-order valence-electron chi connectivity index (χ4n) is 2.16. The highest BCUT2D eigenvalue weighted by atomic mass is 79.9. The molecule has 0 radical (unpaired) electrons. The van der Waals surface area contributed by atoms with Gasteiger partial charge in [-0.3, -0.25) is 4.79 Å². The van der Waals surface area contributed by atoms with Crippen LogP contribution in [0.2, 0.25) is 0 Å². The van der Waals surface area contributed by atoms with Crippen LogP contribution in [-0.4, -0.2) is 31.9 Å². The summed E-state index contributed by atoms with van der Waals surface area (Å²) in [6.07, 6.45) is 1.01. The lowest BCUT2D eigenvalue weighted by atomic mass is 10.1. The molecule has 4 nitrogen and oxygen atoms in total. The molecular formula is C14H19BrN2O2S. The first-order chi connectivity index (χ1) is 9.67. The van der Waals surface area contributed by atoms with Crippen molar-refractivity contribution in [2.45, 2.75) is 24.3 Å². The molecule has 1 unspecified atom stereocenters. The summed E-state index contributed by atoms with van der Waals surface area (Å²) >= 11 is 5.37. The largest absolute Gasteiger partial charge is 0.385 e. The van der Waals surface area contributed by atoms with Gasteiger partial charge in [0, 0.05) is 40.1 Å². The lowest BCUT2D eigenvalue weighted by molar-refractivity contribution is -0.117. The Balaban J connectivity index is 2.11. The molecule has 1 aliphatic rings. The number of nitrogens with one attached hydrogen (secondary N) is 2. The summed E-state index contributed by atoms with van der Waals surface area (Å²) in [6, 6.07) is 3.85. The molecule has 1 heterocycles. The van der Waals surface area contributed by atoms with Crippen molar-refractivity contribution in [3.63, 3.8) is 0 Å². The van der Waals surface area contributed by atoms with E-state index in [0.717, 1.165) is 45.9 Å². The number of halogens is 1. The van der Waals surface area contributed by atoms with Crippen molar-refractivity contribution in [1.29, 1.82) is 0 Å². The summed E-state index contributed by atoms with van der Waals surface area (Å²) in [5.74, 6) is 1.02. The minimum Gasteiger partial charge on any atom is -0.385 e. The van der Waals surface area contributed by atoms with Crippen molar-refractivity contribution in [2.75, 3.05) is 31.3 Å². The normalized spacial score (nSPS) is 17.1. The van der Waals surface area contributed by atoms with Crippen LogP contribution in [0.5, 0.6) is 0 Å². The molecule has 1 amide bonds. The number of benzene rings is 1. The molecule has 0 spiro atoms. The van der Waals surface area contributed by atoms with Gasteiger partial charge < -0.3 is 15.4 Å². The van der Waals surface area contributed by atoms with E-state index in [2.05, 4.69) is 26.6 Å². The highest BCUT2D eigenvalue weighted by Crippen LogP contribution is 2.39. The van der Waals surface area contributed by atoms with Crippen LogP contribution in [0, 0.1) is 0 Å². The number of thioether (sulfide) groups is 1. The number of rotatable bonds is 7. The summed E-state index contributed by atoms with van der Waals surface area (Å²) in [7, 11) is 1.71. The van der Waals surface area contributed by atoms with Crippen LogP contribution in [0.3, 0.4) is 0 Å². The van der Waals surface area contributed by atoms with Gasteiger partial charge >= 0.3 is 0 Å². The van der Waals surface area contributed by atoms with E-state index < -0.39 is 0 Å². The molecule has 2 N–H and O–H groups in total. The van der Waals surface area contributed by atoms with E-state index in [1.165, 1.54) is 0 Å². The van der Waals surface area contributed by atoms with Crippen molar-refractivity contribution in [1.82, 2.24) is 5.32 Å². The van der Waals surface area contributed by atoms with Gasteiger partial charge in [-0.05, 0) is 41.0 Å². The Labute approximate surface area is 132 Å². The molecule has 1 aliphatic heterocycles. The second kappa shape index (κ2) is 7.45. The molecule has 0 saturated carbocycles. The molecule has 110 valence electrons. The number of amides is 1. The predicted octanol–water partition coefficient (Wildman–Crippen LogP) is 3.18. The first kappa shape index (κ1) is 15.8. The Kier molecular flexibility index (Phi) is 5.89. The zero-order valence-electron chi connectivity index (χ0n) is 11.7. The van der Waals surface area contributed by atoms with E-state index in [4.69, 9.17) is 4.74 Å². The molecule has 1 aromatic carbocycles. The van der Waals surface area contributed by atoms with E-state index >= 15 is 0 Å². The molecule has 1 aromatic rings. The molecule has 20 heavy (non-hydrogen) atoms. The minimum absolute atomic E-state index is 0.0234. The van der Waals surface area contributed by atoms with Gasteiger partial charge in [0.05, 0.1) is 0 Å². The van der Waals surface area contributed by atoms with Crippen LogP contribution in [0.1, 0.15) is 24.9 Å². The first-order valence-electron chi connectivity index (χ1n) is 6.66. The van der Waals surface area contributed by atoms with Crippen molar-refractivity contribution < 1.29 is 9.53 Å². The molecule has 0 saturated heterocycles. The second-order valence-electron chi connectivity index (χ2n) is 4.54. The quantitative estimate of drug-likeness (QED) is 0.580. The highest BCUT2D eigenvalue weighted by molar-refractivity contribution is 9.10. The third-order valence-electron chi connectivity index (χ3n) is 3.09. The Morgan fingerprint density at radius 3 is 3.00 bits per heavy atom. The second-order valence-corrected chi connectivity index (χ2v) is 6.54. The molecule has 0 aromatic heterocycles. The molecule has 0 aliphatic carbocycles. The van der Waals surface area contributed by atoms with Gasteiger partial charge in [0.25, 0.3) is 0 Å². The third kappa shape index (κ3) is 3.55. The summed E-state index contributed by atoms with van der Waals surface area (Å²) < 4.78 is 6.09. The van der Waals surface area contributed by atoms with Crippen molar-refractivity contribution in [3.8, 4) is 0 Å². The lowest BCUT2D eigenvalue weighted by Crippen LogP contribution is -2.27. The predicted molar refractivity (Wildman–Crippen MR) is 86.4 cm³/mol. The lowest BCUT2D eigenvalue weighted by Gasteiger charge is -2.11. The number of carbonyl (C=O) groups excluding carboxylic acids is 1. The number of fused-ring (bicyclic) bond motifs is 1. The number of hydrogen-bond donors (Lipinski definition) is 2. The average Bonchev–Trinajstić information content (AvgIpc) is 2.71. The molecule has 0 bridgehead atoms. The fraction of sp³-hybridized carbons (Fsp3) is 0.500. The van der Waals surface area contributed by atoms with Gasteiger partial charge in [-0.25, -0.2) is 0 Å². The average molecular weight is 359 g/mol. The van der Waals surface area contributed by atoms with Crippen molar-refractivity contribution in [3.05, 3.63) is 22.2 Å². The molecule has 6 heteroatoms. The van der Waals surface area contributed by atoms with Crippen LogP contribution in [0.25, 0.3) is 0 Å². The summed E-state index contributed by atoms with van der Waals surface area (Å²) in [4.78, 5) is 13.1. The maximum atomic E-state index is 11.9. The monoisotopic (exact) mass is 358 g/mol. The van der Waals surface area contributed by atoms with Crippen LogP contribution in [0.4, 0.5) is 5.69 Å². The fourth-order valence-corrected chi connectivity index (χ4v) is 3.75. The Hall–Kier alpha value is -0.560. The number of anilines is 1. The number of hydrogen-bond acceptors (Lipinski definition) is 4. The Bertz CT molecular complexity index is 496. The zero-order chi connectivity index (χ0) is 14.5. The number of ether oxygens (including phenoxy) is 1. The van der Waals surface area contributed by atoms with E-state index in [-0.39, 0.29) is 11.9 Å². The van der Waals surface area contributed by atoms with E-state index in [0.29, 0.717) is 0 Å². The molecular weight excluding hydrogens is 340 g/mol. The summed E-state index contributed by atoms with van der Waals surface area (Å²) in [6.45, 7) is 3.54. The summed E-state index contributed by atoms with van der Waals surface area (Å²) in [5.41, 5.74) is 1.93. The van der Waals surface area contributed by atoms with Gasteiger partial charge in [0.15, 0.2) is 0 Å². The minimum atomic E-state index is -0.237. The smallest absolute Gasteiger partial charge is 0.246 e. The van der Waals surface area contributed by atoms with Crippen molar-refractivity contribution >= 4 is 39.3 Å². The van der Waals surface area contributed by atoms with E-state index in [1.54, 1.807) is 18.9 Å². The van der Waals surface area contributed by atoms with E-state index in [9.17, 15) is 4.79 Å². The Morgan fingerprint density at radius 2 is 2.30 bits per heavy atom. The first-order valence-corrected chi connectivity index (χ1v) is 8.44. The topological polar surface area (TPSA) is 50.4 Å². The van der Waals surface area contributed by atoms with E-state index in [1.807, 2.05) is 19.1 Å². The van der Waals surface area contributed by atoms with Gasteiger partial charge in [0.2, 0.25) is 5.91 Å². The van der Waals surface area contributed by atoms with Gasteiger partial charge in [0.1, 0.15) is 6.04 Å². The maximum Gasteiger partial charge on any atom is 0.246 e. The molecule has 2 rings (SSSR count). The third-order valence-corrected chi connectivity index (χ3v) is 5.15. The molecule has 0 fully saturated rings. The zero-order valence-corrected chi connectivity index (χ0v) is 14.1. The van der Waals surface area contributed by atoms with Crippen LogP contribution in [0.15, 0.2) is 21.5 Å². The standard InChI is InChI=1S/C14H19BrN2O2S/c1-3-16-13-9-7-10(15)12(20-6-4-5-19-2)8-11(9)17-14(13)18/h7-8,13,16H,3-6H2,1-2H3,(H,17,18). The van der Waals surface area contributed by atoms with Gasteiger partial charge in [-0.1, -0.05) is 6.92 Å². The van der Waals surface area contributed by atoms with Crippen LogP contribution < -0.4 is 10.6 Å². The van der Waals surface area contributed by atoms with Crippen LogP contribution in [-0.2, 0) is 9.53 Å². The SMILES string of the molecule is CCNC1C(=O)Nc2cc(SCCCOC)c(Br)cc21. The maximum absolute atomic E-state index is 11.9.